The number of benzene rings is 1. The average Bonchev–Trinajstić information content (AvgIpc) is 2.34. The molecule has 0 aliphatic rings. The van der Waals surface area contributed by atoms with E-state index >= 15 is 0 Å². The number of alkyl halides is 3. The molecule has 0 saturated carbocycles. The third-order valence-corrected chi connectivity index (χ3v) is 2.86. The Balaban J connectivity index is 2.65. The lowest BCUT2D eigenvalue weighted by Gasteiger charge is -2.22. The number of nitrogens with one attached hydrogen (secondary N) is 1. The second-order valence-corrected chi connectivity index (χ2v) is 4.63. The fourth-order valence-electron chi connectivity index (χ4n) is 1.94. The van der Waals surface area contributed by atoms with Gasteiger partial charge < -0.3 is 10.4 Å². The molecule has 2 unspecified atom stereocenters. The van der Waals surface area contributed by atoms with Crippen LogP contribution in [-0.2, 0) is 0 Å². The summed E-state index contributed by atoms with van der Waals surface area (Å²) in [5, 5.41) is 12.4. The molecular weight excluding hydrogens is 255 g/mol. The van der Waals surface area contributed by atoms with Crippen molar-refractivity contribution in [2.45, 2.75) is 44.5 Å². The van der Waals surface area contributed by atoms with Crippen molar-refractivity contribution in [3.8, 4) is 0 Å². The zero-order valence-corrected chi connectivity index (χ0v) is 11.0. The first-order valence-electron chi connectivity index (χ1n) is 6.45. The van der Waals surface area contributed by atoms with E-state index < -0.39 is 24.7 Å². The largest absolute Gasteiger partial charge is 0.392 e. The summed E-state index contributed by atoms with van der Waals surface area (Å²) < 4.78 is 37.7. The van der Waals surface area contributed by atoms with Crippen LogP contribution in [0.4, 0.5) is 13.2 Å². The van der Waals surface area contributed by atoms with E-state index in [4.69, 9.17) is 0 Å². The summed E-state index contributed by atoms with van der Waals surface area (Å²) in [5.74, 6) is 0. The van der Waals surface area contributed by atoms with Crippen molar-refractivity contribution in [1.29, 1.82) is 0 Å². The van der Waals surface area contributed by atoms with E-state index in [1.807, 2.05) is 6.92 Å². The van der Waals surface area contributed by atoms with Crippen LogP contribution in [0, 0.1) is 0 Å². The second-order valence-electron chi connectivity index (χ2n) is 4.63. The van der Waals surface area contributed by atoms with E-state index in [0.29, 0.717) is 12.0 Å². The van der Waals surface area contributed by atoms with Crippen LogP contribution in [0.25, 0.3) is 0 Å². The van der Waals surface area contributed by atoms with Crippen LogP contribution in [0.3, 0.4) is 0 Å². The van der Waals surface area contributed by atoms with Crippen molar-refractivity contribution in [2.24, 2.45) is 0 Å². The molecule has 5 heteroatoms. The van der Waals surface area contributed by atoms with E-state index in [1.54, 1.807) is 30.3 Å². The maximum atomic E-state index is 12.6. The minimum absolute atomic E-state index is 0.170. The lowest BCUT2D eigenvalue weighted by molar-refractivity contribution is -0.140. The highest BCUT2D eigenvalue weighted by Gasteiger charge is 2.32. The van der Waals surface area contributed by atoms with E-state index in [1.165, 1.54) is 0 Å². The van der Waals surface area contributed by atoms with Crippen molar-refractivity contribution in [3.05, 3.63) is 35.9 Å². The van der Waals surface area contributed by atoms with Crippen molar-refractivity contribution in [3.63, 3.8) is 0 Å². The Kier molecular flexibility index (Phi) is 6.31. The van der Waals surface area contributed by atoms with Gasteiger partial charge in [-0.3, -0.25) is 0 Å². The Morgan fingerprint density at radius 1 is 1.21 bits per heavy atom. The van der Waals surface area contributed by atoms with E-state index in [2.05, 4.69) is 5.32 Å². The number of aliphatic hydroxyl groups excluding tert-OH is 1. The summed E-state index contributed by atoms with van der Waals surface area (Å²) in [6.45, 7) is 2.09. The monoisotopic (exact) mass is 275 g/mol. The normalized spacial score (nSPS) is 15.2. The maximum Gasteiger partial charge on any atom is 0.390 e. The lowest BCUT2D eigenvalue weighted by Crippen LogP contribution is -2.33. The summed E-state index contributed by atoms with van der Waals surface area (Å²) in [5.41, 5.74) is 0.587. The van der Waals surface area contributed by atoms with E-state index in [-0.39, 0.29) is 6.54 Å². The molecule has 0 aliphatic carbocycles. The molecule has 2 N–H and O–H groups in total. The zero-order valence-electron chi connectivity index (χ0n) is 11.0. The number of rotatable bonds is 7. The number of hydrogen-bond acceptors (Lipinski definition) is 2. The molecule has 0 saturated heterocycles. The highest BCUT2D eigenvalue weighted by Crippen LogP contribution is 2.29. The Labute approximate surface area is 111 Å². The van der Waals surface area contributed by atoms with Gasteiger partial charge in [-0.1, -0.05) is 43.7 Å². The highest BCUT2D eigenvalue weighted by atomic mass is 19.4. The van der Waals surface area contributed by atoms with Gasteiger partial charge in [-0.25, -0.2) is 0 Å². The average molecular weight is 275 g/mol. The van der Waals surface area contributed by atoms with Crippen molar-refractivity contribution < 1.29 is 18.3 Å². The predicted molar refractivity (Wildman–Crippen MR) is 68.8 cm³/mol. The molecule has 1 rings (SSSR count). The smallest absolute Gasteiger partial charge is 0.390 e. The number of aliphatic hydroxyl groups is 1. The summed E-state index contributed by atoms with van der Waals surface area (Å²) >= 11 is 0. The Hall–Kier alpha value is -1.07. The molecule has 0 amide bonds. The van der Waals surface area contributed by atoms with Crippen LogP contribution < -0.4 is 5.32 Å². The molecule has 0 fully saturated rings. The fraction of sp³-hybridized carbons (Fsp3) is 0.571. The van der Waals surface area contributed by atoms with Gasteiger partial charge in [0.15, 0.2) is 0 Å². The Morgan fingerprint density at radius 3 is 2.37 bits per heavy atom. The van der Waals surface area contributed by atoms with Crippen LogP contribution >= 0.6 is 0 Å². The van der Waals surface area contributed by atoms with Crippen LogP contribution in [0.1, 0.15) is 37.8 Å². The summed E-state index contributed by atoms with van der Waals surface area (Å²) in [7, 11) is 0. The Morgan fingerprint density at radius 2 is 1.84 bits per heavy atom. The fourth-order valence-corrected chi connectivity index (χ4v) is 1.94. The third-order valence-electron chi connectivity index (χ3n) is 2.86. The van der Waals surface area contributed by atoms with Gasteiger partial charge in [0.05, 0.1) is 12.5 Å². The van der Waals surface area contributed by atoms with Gasteiger partial charge in [0.2, 0.25) is 0 Å². The molecule has 0 heterocycles. The Bertz CT molecular complexity index is 353. The topological polar surface area (TPSA) is 32.3 Å². The number of halogens is 3. The zero-order chi connectivity index (χ0) is 14.3. The molecule has 2 atom stereocenters. The standard InChI is InChI=1S/C14H20F3NO/c1-2-6-12(19)10-18-13(9-14(15,16)17)11-7-4-3-5-8-11/h3-5,7-8,12-13,18-19H,2,6,9-10H2,1H3. The minimum atomic E-state index is -4.23. The van der Waals surface area contributed by atoms with Crippen molar-refractivity contribution in [2.75, 3.05) is 6.54 Å². The second kappa shape index (κ2) is 7.50. The molecule has 108 valence electrons. The van der Waals surface area contributed by atoms with Gasteiger partial charge in [0, 0.05) is 12.6 Å². The van der Waals surface area contributed by atoms with Crippen LogP contribution in [-0.4, -0.2) is 23.9 Å². The molecule has 0 radical (unpaired) electrons. The van der Waals surface area contributed by atoms with Crippen molar-refractivity contribution in [1.82, 2.24) is 5.32 Å². The molecule has 19 heavy (non-hydrogen) atoms. The SMILES string of the molecule is CCCC(O)CNC(CC(F)(F)F)c1ccccc1. The minimum Gasteiger partial charge on any atom is -0.392 e. The first kappa shape index (κ1) is 16.0. The number of hydrogen-bond donors (Lipinski definition) is 2. The predicted octanol–water partition coefficient (Wildman–Crippen LogP) is 3.43. The van der Waals surface area contributed by atoms with E-state index in [9.17, 15) is 18.3 Å². The summed E-state index contributed by atoms with van der Waals surface area (Å²) in [4.78, 5) is 0. The van der Waals surface area contributed by atoms with E-state index in [0.717, 1.165) is 6.42 Å². The first-order chi connectivity index (χ1) is 8.92. The van der Waals surface area contributed by atoms with Crippen LogP contribution in [0.5, 0.6) is 0 Å². The molecular formula is C14H20F3NO. The quantitative estimate of drug-likeness (QED) is 0.799. The van der Waals surface area contributed by atoms with Gasteiger partial charge in [-0.15, -0.1) is 0 Å². The van der Waals surface area contributed by atoms with Crippen LogP contribution in [0.15, 0.2) is 30.3 Å². The van der Waals surface area contributed by atoms with Gasteiger partial charge in [0.1, 0.15) is 0 Å². The van der Waals surface area contributed by atoms with Gasteiger partial charge in [-0.05, 0) is 12.0 Å². The van der Waals surface area contributed by atoms with Crippen LogP contribution in [0.2, 0.25) is 0 Å². The molecule has 0 aliphatic heterocycles. The molecule has 2 nitrogen and oxygen atoms in total. The van der Waals surface area contributed by atoms with Gasteiger partial charge in [-0.2, -0.15) is 13.2 Å². The lowest BCUT2D eigenvalue weighted by atomic mass is 10.0. The molecule has 1 aromatic rings. The van der Waals surface area contributed by atoms with Gasteiger partial charge >= 0.3 is 6.18 Å². The summed E-state index contributed by atoms with van der Waals surface area (Å²) in [6.07, 6.45) is -4.39. The van der Waals surface area contributed by atoms with Gasteiger partial charge in [0.25, 0.3) is 0 Å². The molecule has 1 aromatic carbocycles. The van der Waals surface area contributed by atoms with Crippen molar-refractivity contribution >= 4 is 0 Å². The molecule has 0 aromatic heterocycles. The first-order valence-corrected chi connectivity index (χ1v) is 6.45. The summed E-state index contributed by atoms with van der Waals surface area (Å²) in [6, 6.07) is 7.70. The molecule has 0 spiro atoms. The molecule has 0 bridgehead atoms. The maximum absolute atomic E-state index is 12.6. The third kappa shape index (κ3) is 6.59. The highest BCUT2D eigenvalue weighted by molar-refractivity contribution is 5.19.